The summed E-state index contributed by atoms with van der Waals surface area (Å²) in [6.45, 7) is 2.82. The summed E-state index contributed by atoms with van der Waals surface area (Å²) in [6, 6.07) is 3.23. The third-order valence-corrected chi connectivity index (χ3v) is 4.19. The number of halogens is 1. The van der Waals surface area contributed by atoms with E-state index in [2.05, 4.69) is 22.5 Å². The van der Waals surface area contributed by atoms with Crippen LogP contribution in [0.5, 0.6) is 0 Å². The van der Waals surface area contributed by atoms with Crippen molar-refractivity contribution in [3.8, 4) is 0 Å². The maximum absolute atomic E-state index is 11.5. The number of carbonyl (C=O) groups excluding carboxylic acids is 1. The number of allylic oxidation sites excluding steroid dienone is 1. The van der Waals surface area contributed by atoms with Crippen molar-refractivity contribution in [2.24, 2.45) is 5.41 Å². The molecule has 1 amide bonds. The molecule has 1 aromatic heterocycles. The predicted molar refractivity (Wildman–Crippen MR) is 91.0 cm³/mol. The maximum Gasteiger partial charge on any atom is 0.254 e. The number of anilines is 1. The number of hydrogen-bond donors (Lipinski definition) is 3. The number of nitrogens with zero attached hydrogens (tertiary/aromatic N) is 1. The van der Waals surface area contributed by atoms with Gasteiger partial charge in [0, 0.05) is 13.2 Å². The molecule has 1 aliphatic carbocycles. The summed E-state index contributed by atoms with van der Waals surface area (Å²) in [4.78, 5) is 15.6. The number of carbonyl (C=O) groups is 1. The van der Waals surface area contributed by atoms with E-state index in [0.717, 1.165) is 12.6 Å². The van der Waals surface area contributed by atoms with Crippen LogP contribution >= 0.6 is 11.6 Å². The summed E-state index contributed by atoms with van der Waals surface area (Å²) < 4.78 is 5.57. The Hall–Kier alpha value is -2.08. The van der Waals surface area contributed by atoms with Crippen molar-refractivity contribution in [1.82, 2.24) is 10.3 Å². The van der Waals surface area contributed by atoms with E-state index in [1.54, 1.807) is 18.3 Å². The van der Waals surface area contributed by atoms with E-state index in [9.17, 15) is 4.79 Å². The normalized spacial score (nSPS) is 15.7. The number of amides is 1. The smallest absolute Gasteiger partial charge is 0.254 e. The highest BCUT2D eigenvalue weighted by molar-refractivity contribution is 6.32. The molecule has 6 nitrogen and oxygen atoms in total. The molecular weight excluding hydrogens is 316 g/mol. The maximum atomic E-state index is 11.5. The molecule has 0 bridgehead atoms. The second-order valence-electron chi connectivity index (χ2n) is 5.86. The van der Waals surface area contributed by atoms with E-state index in [-0.39, 0.29) is 11.1 Å². The first kappa shape index (κ1) is 17.3. The molecule has 7 heteroatoms. The van der Waals surface area contributed by atoms with Crippen LogP contribution < -0.4 is 10.6 Å². The molecule has 0 atom stereocenters. The molecule has 2 rings (SSSR count). The molecule has 0 radical (unpaired) electrons. The zero-order valence-electron chi connectivity index (χ0n) is 13.3. The van der Waals surface area contributed by atoms with Gasteiger partial charge in [-0.05, 0) is 36.8 Å². The van der Waals surface area contributed by atoms with Gasteiger partial charge in [0.05, 0.1) is 18.4 Å². The van der Waals surface area contributed by atoms with Crippen LogP contribution in [-0.4, -0.2) is 30.8 Å². The topological polar surface area (TPSA) is 87.1 Å². The Kier molecular flexibility index (Phi) is 5.60. The molecular formula is C16H21ClN4O2. The lowest BCUT2D eigenvalue weighted by Gasteiger charge is -2.10. The van der Waals surface area contributed by atoms with Crippen LogP contribution in [-0.2, 0) is 4.74 Å². The summed E-state index contributed by atoms with van der Waals surface area (Å²) in [5, 5.41) is 12.9. The molecule has 1 aromatic rings. The fourth-order valence-electron chi connectivity index (χ4n) is 1.97. The highest BCUT2D eigenvalue weighted by atomic mass is 35.5. The number of ether oxygens (including phenoxy) is 1. The van der Waals surface area contributed by atoms with E-state index >= 15 is 0 Å². The van der Waals surface area contributed by atoms with Crippen molar-refractivity contribution in [1.29, 1.82) is 5.41 Å². The van der Waals surface area contributed by atoms with Gasteiger partial charge in [0.1, 0.15) is 11.0 Å². The highest BCUT2D eigenvalue weighted by Crippen LogP contribution is 2.47. The summed E-state index contributed by atoms with van der Waals surface area (Å²) in [5.41, 5.74) is 0.732. The molecule has 0 spiro atoms. The number of rotatable bonds is 8. The van der Waals surface area contributed by atoms with Crippen molar-refractivity contribution in [3.63, 3.8) is 0 Å². The zero-order valence-corrected chi connectivity index (χ0v) is 14.0. The summed E-state index contributed by atoms with van der Waals surface area (Å²) in [6.07, 6.45) is 6.18. The van der Waals surface area contributed by atoms with Gasteiger partial charge in [-0.15, -0.1) is 0 Å². The van der Waals surface area contributed by atoms with Crippen molar-refractivity contribution < 1.29 is 9.53 Å². The van der Waals surface area contributed by atoms with Gasteiger partial charge >= 0.3 is 0 Å². The van der Waals surface area contributed by atoms with Gasteiger partial charge < -0.3 is 20.8 Å². The minimum Gasteiger partial charge on any atom is -0.490 e. The summed E-state index contributed by atoms with van der Waals surface area (Å²) in [7, 11) is 1.53. The fourth-order valence-corrected chi connectivity index (χ4v) is 2.21. The SMILES string of the molecule is CNC(=O)c1ccc(N/C=C(\C=N)OCCC2(C)CC2)nc1Cl. The van der Waals surface area contributed by atoms with Crippen LogP contribution in [0, 0.1) is 10.8 Å². The lowest BCUT2D eigenvalue weighted by molar-refractivity contribution is 0.0963. The first-order valence-electron chi connectivity index (χ1n) is 7.46. The average Bonchev–Trinajstić information content (AvgIpc) is 3.27. The van der Waals surface area contributed by atoms with E-state index in [0.29, 0.717) is 29.2 Å². The molecule has 3 N–H and O–H groups in total. The minimum absolute atomic E-state index is 0.113. The van der Waals surface area contributed by atoms with Crippen LogP contribution in [0.2, 0.25) is 5.15 Å². The molecule has 0 aromatic carbocycles. The second-order valence-corrected chi connectivity index (χ2v) is 6.22. The van der Waals surface area contributed by atoms with E-state index in [4.69, 9.17) is 21.7 Å². The molecule has 0 saturated heterocycles. The van der Waals surface area contributed by atoms with Crippen LogP contribution in [0.25, 0.3) is 0 Å². The van der Waals surface area contributed by atoms with Gasteiger partial charge in [-0.1, -0.05) is 18.5 Å². The molecule has 1 fully saturated rings. The number of pyridine rings is 1. The van der Waals surface area contributed by atoms with E-state index in [1.165, 1.54) is 19.9 Å². The average molecular weight is 337 g/mol. The van der Waals surface area contributed by atoms with Gasteiger partial charge in [0.15, 0.2) is 5.76 Å². The Labute approximate surface area is 140 Å². The standard InChI is InChI=1S/C16H21ClN4O2/c1-16(5-6-16)7-8-23-11(9-18)10-20-13-4-3-12(14(17)21-13)15(22)19-2/h3-4,9-10,18H,5-8H2,1-2H3,(H,19,22)(H,20,21)/b11-10+,18-9?. The van der Waals surface area contributed by atoms with Crippen molar-refractivity contribution in [2.45, 2.75) is 26.2 Å². The number of hydrogen-bond acceptors (Lipinski definition) is 5. The quantitative estimate of drug-likeness (QED) is 0.386. The highest BCUT2D eigenvalue weighted by Gasteiger charge is 2.36. The molecule has 1 heterocycles. The lowest BCUT2D eigenvalue weighted by atomic mass is 10.1. The van der Waals surface area contributed by atoms with Crippen LogP contribution in [0.15, 0.2) is 24.1 Å². The van der Waals surface area contributed by atoms with Crippen molar-refractivity contribution >= 4 is 29.5 Å². The third kappa shape index (κ3) is 4.96. The Morgan fingerprint density at radius 1 is 1.52 bits per heavy atom. The van der Waals surface area contributed by atoms with Crippen molar-refractivity contribution in [3.05, 3.63) is 34.8 Å². The van der Waals surface area contributed by atoms with E-state index in [1.807, 2.05) is 0 Å². The molecule has 0 unspecified atom stereocenters. The third-order valence-electron chi connectivity index (χ3n) is 3.90. The number of nitrogens with one attached hydrogen (secondary N) is 3. The van der Waals surface area contributed by atoms with E-state index < -0.39 is 0 Å². The monoisotopic (exact) mass is 336 g/mol. The molecule has 1 aliphatic rings. The Balaban J connectivity index is 1.92. The lowest BCUT2D eigenvalue weighted by Crippen LogP contribution is -2.18. The van der Waals surface area contributed by atoms with Gasteiger partial charge in [0.2, 0.25) is 0 Å². The van der Waals surface area contributed by atoms with Crippen LogP contribution in [0.1, 0.15) is 36.5 Å². The van der Waals surface area contributed by atoms with Crippen molar-refractivity contribution in [2.75, 3.05) is 19.0 Å². The number of aromatic nitrogens is 1. The second kappa shape index (κ2) is 7.46. The zero-order chi connectivity index (χ0) is 16.9. The van der Waals surface area contributed by atoms with Gasteiger partial charge in [-0.2, -0.15) is 0 Å². The summed E-state index contributed by atoms with van der Waals surface area (Å²) in [5.74, 6) is 0.601. The first-order valence-corrected chi connectivity index (χ1v) is 7.84. The Morgan fingerprint density at radius 2 is 2.26 bits per heavy atom. The largest absolute Gasteiger partial charge is 0.490 e. The van der Waals surface area contributed by atoms with Gasteiger partial charge in [-0.25, -0.2) is 4.98 Å². The van der Waals surface area contributed by atoms with Crippen LogP contribution in [0.3, 0.4) is 0 Å². The Morgan fingerprint density at radius 3 is 2.83 bits per heavy atom. The molecule has 124 valence electrons. The minimum atomic E-state index is -0.290. The van der Waals surface area contributed by atoms with Gasteiger partial charge in [0.25, 0.3) is 5.91 Å². The summed E-state index contributed by atoms with van der Waals surface area (Å²) >= 11 is 5.98. The van der Waals surface area contributed by atoms with Gasteiger partial charge in [-0.3, -0.25) is 4.79 Å². The molecule has 1 saturated carbocycles. The molecule has 0 aliphatic heterocycles. The predicted octanol–water partition coefficient (Wildman–Crippen LogP) is 3.20. The fraction of sp³-hybridized carbons (Fsp3) is 0.438. The van der Waals surface area contributed by atoms with Crippen LogP contribution in [0.4, 0.5) is 5.82 Å². The Bertz CT molecular complexity index is 627. The molecule has 23 heavy (non-hydrogen) atoms. The first-order chi connectivity index (χ1) is 11.0.